The number of ketones is 1. The number of carbonyl (C=O) groups is 2. The normalized spacial score (nSPS) is 12.2. The molecule has 16 heavy (non-hydrogen) atoms. The Kier molecular flexibility index (Phi) is 4.23. The van der Waals surface area contributed by atoms with Crippen molar-refractivity contribution in [2.45, 2.75) is 26.8 Å². The molecule has 0 spiro atoms. The summed E-state index contributed by atoms with van der Waals surface area (Å²) in [5.74, 6) is -0.263. The van der Waals surface area contributed by atoms with Gasteiger partial charge in [-0.3, -0.25) is 9.59 Å². The molecule has 0 fully saturated rings. The fourth-order valence-electron chi connectivity index (χ4n) is 1.50. The minimum absolute atomic E-state index is 0.0291. The molecule has 0 saturated carbocycles. The maximum absolute atomic E-state index is 12.0. The fourth-order valence-corrected chi connectivity index (χ4v) is 1.50. The number of benzene rings is 1. The van der Waals surface area contributed by atoms with E-state index in [-0.39, 0.29) is 17.6 Å². The van der Waals surface area contributed by atoms with Crippen molar-refractivity contribution in [3.63, 3.8) is 0 Å². The molecular formula is C13H17NO2. The van der Waals surface area contributed by atoms with Crippen LogP contribution < -0.4 is 5.32 Å². The van der Waals surface area contributed by atoms with E-state index in [1.807, 2.05) is 44.2 Å². The third-order valence-electron chi connectivity index (χ3n) is 2.33. The SMILES string of the molecule is CC(=O)NC(C(=O)C(C)C)c1ccccc1. The predicted octanol–water partition coefficient (Wildman–Crippen LogP) is 2.09. The van der Waals surface area contributed by atoms with Gasteiger partial charge in [0.1, 0.15) is 6.04 Å². The Balaban J connectivity index is 2.96. The number of hydrogen-bond acceptors (Lipinski definition) is 2. The summed E-state index contributed by atoms with van der Waals surface area (Å²) in [6, 6.07) is 8.77. The van der Waals surface area contributed by atoms with Crippen molar-refractivity contribution >= 4 is 11.7 Å². The van der Waals surface area contributed by atoms with Crippen molar-refractivity contribution in [3.05, 3.63) is 35.9 Å². The topological polar surface area (TPSA) is 46.2 Å². The number of amides is 1. The zero-order valence-corrected chi connectivity index (χ0v) is 9.86. The van der Waals surface area contributed by atoms with Crippen molar-refractivity contribution in [2.24, 2.45) is 5.92 Å². The van der Waals surface area contributed by atoms with Gasteiger partial charge in [-0.2, -0.15) is 0 Å². The molecular weight excluding hydrogens is 202 g/mol. The van der Waals surface area contributed by atoms with Crippen LogP contribution in [0.25, 0.3) is 0 Å². The van der Waals surface area contributed by atoms with Gasteiger partial charge in [0.05, 0.1) is 0 Å². The smallest absolute Gasteiger partial charge is 0.217 e. The summed E-state index contributed by atoms with van der Waals surface area (Å²) in [5.41, 5.74) is 0.830. The third-order valence-corrected chi connectivity index (χ3v) is 2.33. The molecule has 0 bridgehead atoms. The van der Waals surface area contributed by atoms with Crippen LogP contribution in [-0.2, 0) is 9.59 Å². The van der Waals surface area contributed by atoms with Crippen molar-refractivity contribution in [1.82, 2.24) is 5.32 Å². The highest BCUT2D eigenvalue weighted by Crippen LogP contribution is 2.17. The van der Waals surface area contributed by atoms with Crippen LogP contribution in [0.5, 0.6) is 0 Å². The molecule has 1 unspecified atom stereocenters. The van der Waals surface area contributed by atoms with Crippen LogP contribution >= 0.6 is 0 Å². The molecule has 1 aromatic carbocycles. The van der Waals surface area contributed by atoms with Crippen LogP contribution in [0.2, 0.25) is 0 Å². The van der Waals surface area contributed by atoms with E-state index >= 15 is 0 Å². The van der Waals surface area contributed by atoms with E-state index in [0.29, 0.717) is 0 Å². The van der Waals surface area contributed by atoms with E-state index in [1.165, 1.54) is 6.92 Å². The highest BCUT2D eigenvalue weighted by atomic mass is 16.2. The highest BCUT2D eigenvalue weighted by Gasteiger charge is 2.23. The summed E-state index contributed by atoms with van der Waals surface area (Å²) in [4.78, 5) is 23.1. The Labute approximate surface area is 95.9 Å². The summed E-state index contributed by atoms with van der Waals surface area (Å²) in [6.45, 7) is 5.09. The minimum atomic E-state index is -0.529. The van der Waals surface area contributed by atoms with Gasteiger partial charge in [-0.25, -0.2) is 0 Å². The molecule has 0 aliphatic rings. The average molecular weight is 219 g/mol. The Morgan fingerprint density at radius 3 is 2.12 bits per heavy atom. The van der Waals surface area contributed by atoms with Crippen molar-refractivity contribution in [3.8, 4) is 0 Å². The number of nitrogens with one attached hydrogen (secondary N) is 1. The maximum atomic E-state index is 12.0. The third kappa shape index (κ3) is 3.19. The Hall–Kier alpha value is -1.64. The molecule has 1 atom stereocenters. The van der Waals surface area contributed by atoms with Crippen LogP contribution in [0.15, 0.2) is 30.3 Å². The van der Waals surface area contributed by atoms with Crippen LogP contribution in [0.4, 0.5) is 0 Å². The highest BCUT2D eigenvalue weighted by molar-refractivity contribution is 5.90. The summed E-state index contributed by atoms with van der Waals surface area (Å²) in [5, 5.41) is 2.69. The first-order chi connectivity index (χ1) is 7.52. The molecule has 1 aromatic rings. The van der Waals surface area contributed by atoms with Gasteiger partial charge in [0.25, 0.3) is 0 Å². The van der Waals surface area contributed by atoms with Crippen LogP contribution in [0.3, 0.4) is 0 Å². The summed E-state index contributed by atoms with van der Waals surface area (Å²) >= 11 is 0. The standard InChI is InChI=1S/C13H17NO2/c1-9(2)13(16)12(14-10(3)15)11-7-5-4-6-8-11/h4-9,12H,1-3H3,(H,14,15). The van der Waals surface area contributed by atoms with E-state index in [1.54, 1.807) is 0 Å². The molecule has 3 heteroatoms. The molecule has 0 saturated heterocycles. The van der Waals surface area contributed by atoms with Gasteiger partial charge in [-0.05, 0) is 5.56 Å². The number of hydrogen-bond donors (Lipinski definition) is 1. The number of carbonyl (C=O) groups excluding carboxylic acids is 2. The first-order valence-electron chi connectivity index (χ1n) is 5.38. The van der Waals surface area contributed by atoms with Gasteiger partial charge in [0, 0.05) is 12.8 Å². The average Bonchev–Trinajstić information content (AvgIpc) is 2.26. The Morgan fingerprint density at radius 1 is 1.12 bits per heavy atom. The lowest BCUT2D eigenvalue weighted by Crippen LogP contribution is -2.34. The Bertz CT molecular complexity index is 371. The molecule has 1 amide bonds. The van der Waals surface area contributed by atoms with E-state index in [4.69, 9.17) is 0 Å². The molecule has 0 heterocycles. The lowest BCUT2D eigenvalue weighted by molar-refractivity contribution is -0.128. The van der Waals surface area contributed by atoms with Gasteiger partial charge in [-0.1, -0.05) is 44.2 Å². The number of Topliss-reactive ketones (excluding diaryl/α,β-unsaturated/α-hetero) is 1. The van der Waals surface area contributed by atoms with E-state index in [0.717, 1.165) is 5.56 Å². The number of rotatable bonds is 4. The predicted molar refractivity (Wildman–Crippen MR) is 62.8 cm³/mol. The molecule has 1 rings (SSSR count). The lowest BCUT2D eigenvalue weighted by Gasteiger charge is -2.19. The van der Waals surface area contributed by atoms with E-state index < -0.39 is 6.04 Å². The lowest BCUT2D eigenvalue weighted by atomic mass is 9.95. The fraction of sp³-hybridized carbons (Fsp3) is 0.385. The van der Waals surface area contributed by atoms with Gasteiger partial charge in [0.2, 0.25) is 5.91 Å². The van der Waals surface area contributed by atoms with Crippen molar-refractivity contribution < 1.29 is 9.59 Å². The van der Waals surface area contributed by atoms with Crippen LogP contribution in [0, 0.1) is 5.92 Å². The Morgan fingerprint density at radius 2 is 1.69 bits per heavy atom. The molecule has 3 nitrogen and oxygen atoms in total. The van der Waals surface area contributed by atoms with Crippen LogP contribution in [-0.4, -0.2) is 11.7 Å². The van der Waals surface area contributed by atoms with Crippen LogP contribution in [0.1, 0.15) is 32.4 Å². The maximum Gasteiger partial charge on any atom is 0.217 e. The van der Waals surface area contributed by atoms with Crippen molar-refractivity contribution in [2.75, 3.05) is 0 Å². The van der Waals surface area contributed by atoms with Gasteiger partial charge >= 0.3 is 0 Å². The van der Waals surface area contributed by atoms with Crippen molar-refractivity contribution in [1.29, 1.82) is 0 Å². The molecule has 86 valence electrons. The molecule has 0 aliphatic heterocycles. The second-order valence-electron chi connectivity index (χ2n) is 4.10. The van der Waals surface area contributed by atoms with E-state index in [9.17, 15) is 9.59 Å². The molecule has 0 aliphatic carbocycles. The molecule has 0 aromatic heterocycles. The first-order valence-corrected chi connectivity index (χ1v) is 5.38. The first kappa shape index (κ1) is 12.4. The van der Waals surface area contributed by atoms with Gasteiger partial charge in [-0.15, -0.1) is 0 Å². The minimum Gasteiger partial charge on any atom is -0.342 e. The summed E-state index contributed by atoms with van der Waals surface area (Å²) in [7, 11) is 0. The zero-order valence-electron chi connectivity index (χ0n) is 9.86. The zero-order chi connectivity index (χ0) is 12.1. The van der Waals surface area contributed by atoms with Gasteiger partial charge in [0.15, 0.2) is 5.78 Å². The summed E-state index contributed by atoms with van der Waals surface area (Å²) in [6.07, 6.45) is 0. The summed E-state index contributed by atoms with van der Waals surface area (Å²) < 4.78 is 0. The second-order valence-corrected chi connectivity index (χ2v) is 4.10. The second kappa shape index (κ2) is 5.45. The monoisotopic (exact) mass is 219 g/mol. The molecule has 1 N–H and O–H groups in total. The quantitative estimate of drug-likeness (QED) is 0.842. The largest absolute Gasteiger partial charge is 0.342 e. The molecule has 0 radical (unpaired) electrons. The van der Waals surface area contributed by atoms with E-state index in [2.05, 4.69) is 5.32 Å². The van der Waals surface area contributed by atoms with Gasteiger partial charge < -0.3 is 5.32 Å².